The largest absolute Gasteiger partial charge is 0.368 e. The topological polar surface area (TPSA) is 15.3 Å². The molecule has 0 aromatic heterocycles. The monoisotopic (exact) mass is 510 g/mol. The first-order chi connectivity index (χ1) is 17.5. The lowest BCUT2D eigenvalue weighted by Gasteiger charge is -2.25. The summed E-state index contributed by atoms with van der Waals surface area (Å²) < 4.78 is 0. The number of unbranched alkanes of at least 4 members (excludes halogenated alkanes) is 1. The fourth-order valence-electron chi connectivity index (χ4n) is 4.22. The van der Waals surface area contributed by atoms with Gasteiger partial charge in [-0.05, 0) is 74.0 Å². The van der Waals surface area contributed by atoms with Crippen molar-refractivity contribution in [2.45, 2.75) is 107 Å². The molecule has 1 aliphatic rings. The van der Waals surface area contributed by atoms with Crippen molar-refractivity contribution < 1.29 is 0 Å². The number of nitrogens with one attached hydrogen (secondary N) is 1. The van der Waals surface area contributed by atoms with Gasteiger partial charge in [-0.2, -0.15) is 0 Å². The molecule has 0 spiro atoms. The Hall–Kier alpha value is -2.22. The van der Waals surface area contributed by atoms with Crippen LogP contribution in [-0.2, 0) is 0 Å². The van der Waals surface area contributed by atoms with Crippen LogP contribution >= 0.6 is 0 Å². The Kier molecular flexibility index (Phi) is 20.8. The van der Waals surface area contributed by atoms with Gasteiger partial charge in [0, 0.05) is 20.1 Å². The van der Waals surface area contributed by atoms with Crippen LogP contribution in [0, 0.1) is 11.3 Å². The fourth-order valence-corrected chi connectivity index (χ4v) is 4.22. The summed E-state index contributed by atoms with van der Waals surface area (Å²) in [7, 11) is 2.13. The highest BCUT2D eigenvalue weighted by Gasteiger charge is 2.47. The summed E-state index contributed by atoms with van der Waals surface area (Å²) in [5, 5.41) is 3.42. The predicted octanol–water partition coefficient (Wildman–Crippen LogP) is 10.6. The zero-order valence-corrected chi connectivity index (χ0v) is 26.4. The van der Waals surface area contributed by atoms with Crippen LogP contribution in [-0.4, -0.2) is 25.0 Å². The zero-order valence-electron chi connectivity index (χ0n) is 26.4. The van der Waals surface area contributed by atoms with E-state index in [0.29, 0.717) is 5.41 Å². The van der Waals surface area contributed by atoms with E-state index >= 15 is 0 Å². The summed E-state index contributed by atoms with van der Waals surface area (Å²) in [6, 6.07) is 0. The highest BCUT2D eigenvalue weighted by Crippen LogP contribution is 2.56. The van der Waals surface area contributed by atoms with Gasteiger partial charge in [-0.3, -0.25) is 0 Å². The van der Waals surface area contributed by atoms with Crippen LogP contribution in [0.25, 0.3) is 0 Å². The molecule has 0 bridgehead atoms. The van der Waals surface area contributed by atoms with Gasteiger partial charge in [0.15, 0.2) is 0 Å². The molecule has 37 heavy (non-hydrogen) atoms. The second-order valence-corrected chi connectivity index (χ2v) is 10.5. The lowest BCUT2D eigenvalue weighted by Crippen LogP contribution is -2.30. The molecule has 1 N–H and O–H groups in total. The van der Waals surface area contributed by atoms with Gasteiger partial charge in [0.1, 0.15) is 0 Å². The van der Waals surface area contributed by atoms with Crippen LogP contribution in [0.15, 0.2) is 84.8 Å². The summed E-state index contributed by atoms with van der Waals surface area (Å²) >= 11 is 0. The average Bonchev–Trinajstić information content (AvgIpc) is 3.57. The maximum Gasteiger partial charge on any atom is 0.0938 e. The number of allylic oxidation sites excluding steroid dienone is 6. The second-order valence-electron chi connectivity index (χ2n) is 10.5. The summed E-state index contributed by atoms with van der Waals surface area (Å²) in [6.07, 6.45) is 15.6. The molecule has 2 atom stereocenters. The van der Waals surface area contributed by atoms with Crippen LogP contribution in [0.5, 0.6) is 0 Å². The van der Waals surface area contributed by atoms with Gasteiger partial charge < -0.3 is 10.2 Å². The summed E-state index contributed by atoms with van der Waals surface area (Å²) in [5.41, 5.74) is 6.73. The van der Waals surface area contributed by atoms with Crippen molar-refractivity contribution in [2.24, 2.45) is 11.3 Å². The van der Waals surface area contributed by atoms with Crippen molar-refractivity contribution in [3.05, 3.63) is 84.8 Å². The van der Waals surface area contributed by atoms with E-state index in [1.165, 1.54) is 48.8 Å². The summed E-state index contributed by atoms with van der Waals surface area (Å²) in [5.74, 6) is 1.95. The van der Waals surface area contributed by atoms with Crippen molar-refractivity contribution in [2.75, 3.05) is 20.1 Å². The Balaban J connectivity index is 0. The molecule has 0 amide bonds. The Morgan fingerprint density at radius 1 is 1.03 bits per heavy atom. The SMILES string of the molecule is C=C/C(=C\CCC)CNC(=C)N(C)CCC1(C)CC1CC.C=C/C(CC(=C)C(=C)C)=C(/C)CCC.CC. The van der Waals surface area contributed by atoms with Gasteiger partial charge in [0.05, 0.1) is 5.82 Å². The van der Waals surface area contributed by atoms with E-state index in [9.17, 15) is 0 Å². The van der Waals surface area contributed by atoms with Crippen molar-refractivity contribution in [3.63, 3.8) is 0 Å². The van der Waals surface area contributed by atoms with Crippen LogP contribution in [0.4, 0.5) is 0 Å². The van der Waals surface area contributed by atoms with Crippen LogP contribution < -0.4 is 5.32 Å². The van der Waals surface area contributed by atoms with E-state index in [1.807, 2.05) is 32.9 Å². The molecule has 0 radical (unpaired) electrons. The molecule has 1 rings (SSSR count). The molecule has 0 saturated heterocycles. The maximum atomic E-state index is 4.15. The van der Waals surface area contributed by atoms with E-state index < -0.39 is 0 Å². The van der Waals surface area contributed by atoms with Gasteiger partial charge in [0.2, 0.25) is 0 Å². The first-order valence-electron chi connectivity index (χ1n) is 14.6. The molecule has 0 heterocycles. The molecule has 0 aromatic rings. The number of hydrogen-bond acceptors (Lipinski definition) is 2. The molecule has 0 aliphatic heterocycles. The minimum Gasteiger partial charge on any atom is -0.368 e. The third kappa shape index (κ3) is 15.6. The Labute approximate surface area is 233 Å². The molecule has 1 aliphatic carbocycles. The number of nitrogens with zero attached hydrogens (tertiary/aromatic N) is 1. The van der Waals surface area contributed by atoms with Crippen LogP contribution in [0.3, 0.4) is 0 Å². The van der Waals surface area contributed by atoms with Crippen molar-refractivity contribution in [1.29, 1.82) is 0 Å². The smallest absolute Gasteiger partial charge is 0.0938 e. The molecule has 0 aromatic carbocycles. The highest BCUT2D eigenvalue weighted by molar-refractivity contribution is 5.34. The fraction of sp³-hybridized carbons (Fsp3) is 0.600. The highest BCUT2D eigenvalue weighted by atomic mass is 15.2. The third-order valence-corrected chi connectivity index (χ3v) is 7.39. The number of hydrogen-bond donors (Lipinski definition) is 1. The van der Waals surface area contributed by atoms with E-state index in [1.54, 1.807) is 0 Å². The van der Waals surface area contributed by atoms with Crippen molar-refractivity contribution in [1.82, 2.24) is 10.2 Å². The van der Waals surface area contributed by atoms with Crippen LogP contribution in [0.2, 0.25) is 0 Å². The average molecular weight is 511 g/mol. The minimum atomic E-state index is 0.580. The van der Waals surface area contributed by atoms with Gasteiger partial charge >= 0.3 is 0 Å². The molecule has 1 saturated carbocycles. The van der Waals surface area contributed by atoms with Crippen LogP contribution in [0.1, 0.15) is 107 Å². The summed E-state index contributed by atoms with van der Waals surface area (Å²) in [4.78, 5) is 2.25. The Morgan fingerprint density at radius 3 is 2.08 bits per heavy atom. The molecule has 2 heteroatoms. The quantitative estimate of drug-likeness (QED) is 0.196. The molecule has 2 nitrogen and oxygen atoms in total. The molecule has 2 unspecified atom stereocenters. The van der Waals surface area contributed by atoms with Crippen molar-refractivity contribution in [3.8, 4) is 0 Å². The van der Waals surface area contributed by atoms with Crippen molar-refractivity contribution >= 4 is 0 Å². The number of rotatable bonds is 17. The predicted molar refractivity (Wildman–Crippen MR) is 172 cm³/mol. The van der Waals surface area contributed by atoms with Gasteiger partial charge in [-0.1, -0.05) is 123 Å². The standard InChI is InChI=1S/C19H34N2.C14H22.C2H6/c1-7-10-11-17(8-2)15-20-16(4)21(6)13-12-19(5)14-18(19)9-3;1-7-9-12(5)14(8-2)10-13(6)11(3)4;1-2/h8,11,18,20H,2,4,7,9-10,12-15H2,1,3,5-6H3;8H,2-3,6-7,9-10H2,1,4-5H3;1-2H3/b17-11+;14-12+;. The third-order valence-electron chi connectivity index (χ3n) is 7.39. The van der Waals surface area contributed by atoms with E-state index in [-0.39, 0.29) is 0 Å². The molecular weight excluding hydrogens is 448 g/mol. The van der Waals surface area contributed by atoms with Gasteiger partial charge in [-0.25, -0.2) is 0 Å². The minimum absolute atomic E-state index is 0.580. The molecular formula is C35H62N2. The van der Waals surface area contributed by atoms with E-state index in [4.69, 9.17) is 0 Å². The molecule has 1 fully saturated rings. The van der Waals surface area contributed by atoms with E-state index in [0.717, 1.165) is 55.2 Å². The first-order valence-corrected chi connectivity index (χ1v) is 14.6. The first kappa shape index (κ1) is 36.9. The van der Waals surface area contributed by atoms with E-state index in [2.05, 4.69) is 90.9 Å². The maximum absolute atomic E-state index is 4.15. The Morgan fingerprint density at radius 2 is 1.65 bits per heavy atom. The zero-order chi connectivity index (χ0) is 29.0. The van der Waals surface area contributed by atoms with Gasteiger partial charge in [-0.15, -0.1) is 0 Å². The lowest BCUT2D eigenvalue weighted by molar-refractivity contribution is 0.327. The lowest BCUT2D eigenvalue weighted by atomic mass is 9.96. The normalized spacial score (nSPS) is 18.6. The Bertz CT molecular complexity index is 779. The van der Waals surface area contributed by atoms with Gasteiger partial charge in [0.25, 0.3) is 0 Å². The summed E-state index contributed by atoms with van der Waals surface area (Å²) in [6.45, 7) is 39.0. The second kappa shape index (κ2) is 20.8. The molecule has 212 valence electrons.